The second-order valence-electron chi connectivity index (χ2n) is 3.44. The maximum Gasteiger partial charge on any atom is 0.315 e. The summed E-state index contributed by atoms with van der Waals surface area (Å²) in [5.74, 6) is -1.86. The molecule has 0 saturated carbocycles. The van der Waals surface area contributed by atoms with Gasteiger partial charge >= 0.3 is 6.43 Å². The Morgan fingerprint density at radius 2 is 2.07 bits per heavy atom. The van der Waals surface area contributed by atoms with Gasteiger partial charge in [-0.2, -0.15) is 8.78 Å². The largest absolute Gasteiger partial charge is 0.328 e. The number of ketones is 1. The molecule has 6 heteroatoms. The predicted octanol–water partition coefficient (Wildman–Crippen LogP) is 1.44. The summed E-state index contributed by atoms with van der Waals surface area (Å²) in [6.45, 7) is 0.219. The molecule has 86 valence electrons. The number of alkyl halides is 3. The van der Waals surface area contributed by atoms with Crippen molar-refractivity contribution in [2.75, 3.05) is 12.4 Å². The Labute approximate surface area is 91.4 Å². The Hall–Kier alpha value is -0.710. The first kappa shape index (κ1) is 12.4. The van der Waals surface area contributed by atoms with Gasteiger partial charge < -0.3 is 4.90 Å². The molecule has 3 nitrogen and oxygen atoms in total. The van der Waals surface area contributed by atoms with E-state index in [4.69, 9.17) is 11.6 Å². The summed E-state index contributed by atoms with van der Waals surface area (Å²) in [5, 5.41) is 0. The van der Waals surface area contributed by atoms with Crippen LogP contribution in [0.2, 0.25) is 0 Å². The Morgan fingerprint density at radius 3 is 2.60 bits per heavy atom. The number of Topliss-reactive ketones (excluding diaryl/α,β-unsaturated/α-hetero) is 1. The van der Waals surface area contributed by atoms with Crippen LogP contribution in [0.3, 0.4) is 0 Å². The summed E-state index contributed by atoms with van der Waals surface area (Å²) >= 11 is 5.36. The monoisotopic (exact) mass is 239 g/mol. The van der Waals surface area contributed by atoms with E-state index in [0.717, 1.165) is 11.3 Å². The first-order chi connectivity index (χ1) is 7.07. The quantitative estimate of drug-likeness (QED) is 0.699. The lowest BCUT2D eigenvalue weighted by molar-refractivity contribution is -0.150. The summed E-state index contributed by atoms with van der Waals surface area (Å²) in [6, 6.07) is -0.752. The van der Waals surface area contributed by atoms with Crippen LogP contribution in [0.1, 0.15) is 19.3 Å². The standard InChI is InChI=1S/C9H12ClF2NO2/c10-5-7(14)6-3-1-2-4-13(6)9(15)8(11)12/h6,8H,1-5H2. The lowest BCUT2D eigenvalue weighted by Gasteiger charge is -2.34. The third-order valence-electron chi connectivity index (χ3n) is 2.48. The van der Waals surface area contributed by atoms with Gasteiger partial charge in [0.05, 0.1) is 11.9 Å². The molecule has 1 heterocycles. The first-order valence-corrected chi connectivity index (χ1v) is 5.28. The molecule has 0 bridgehead atoms. The fraction of sp³-hybridized carbons (Fsp3) is 0.778. The molecule has 1 aliphatic heterocycles. The maximum absolute atomic E-state index is 12.2. The van der Waals surface area contributed by atoms with Crippen LogP contribution in [0.5, 0.6) is 0 Å². The number of nitrogens with zero attached hydrogens (tertiary/aromatic N) is 1. The number of carbonyl (C=O) groups is 2. The van der Waals surface area contributed by atoms with Crippen LogP contribution in [0.15, 0.2) is 0 Å². The Balaban J connectivity index is 2.73. The molecule has 1 fully saturated rings. The predicted molar refractivity (Wildman–Crippen MR) is 51.1 cm³/mol. The molecule has 1 aliphatic rings. The highest BCUT2D eigenvalue weighted by molar-refractivity contribution is 6.28. The third-order valence-corrected chi connectivity index (χ3v) is 2.74. The summed E-state index contributed by atoms with van der Waals surface area (Å²) < 4.78 is 24.4. The fourth-order valence-electron chi connectivity index (χ4n) is 1.74. The van der Waals surface area contributed by atoms with Crippen molar-refractivity contribution in [3.8, 4) is 0 Å². The van der Waals surface area contributed by atoms with Gasteiger partial charge in [-0.1, -0.05) is 0 Å². The first-order valence-electron chi connectivity index (χ1n) is 4.75. The van der Waals surface area contributed by atoms with E-state index in [0.29, 0.717) is 12.8 Å². The van der Waals surface area contributed by atoms with Gasteiger partial charge in [-0.05, 0) is 19.3 Å². The number of hydrogen-bond donors (Lipinski definition) is 0. The zero-order chi connectivity index (χ0) is 11.4. The van der Waals surface area contributed by atoms with E-state index in [1.54, 1.807) is 0 Å². The molecular formula is C9H12ClF2NO2. The normalized spacial score (nSPS) is 21.9. The highest BCUT2D eigenvalue weighted by atomic mass is 35.5. The summed E-state index contributed by atoms with van der Waals surface area (Å²) in [4.78, 5) is 23.4. The van der Waals surface area contributed by atoms with Crippen LogP contribution in [0.25, 0.3) is 0 Å². The van der Waals surface area contributed by atoms with E-state index in [2.05, 4.69) is 0 Å². The van der Waals surface area contributed by atoms with E-state index in [1.165, 1.54) is 0 Å². The lowest BCUT2D eigenvalue weighted by Crippen LogP contribution is -2.50. The number of amides is 1. The summed E-state index contributed by atoms with van der Waals surface area (Å²) in [5.41, 5.74) is 0. The topological polar surface area (TPSA) is 37.4 Å². The molecule has 1 amide bonds. The van der Waals surface area contributed by atoms with E-state index in [1.807, 2.05) is 0 Å². The molecule has 1 rings (SSSR count). The zero-order valence-electron chi connectivity index (χ0n) is 8.09. The number of hydrogen-bond acceptors (Lipinski definition) is 2. The maximum atomic E-state index is 12.2. The van der Waals surface area contributed by atoms with Crippen molar-refractivity contribution in [3.05, 3.63) is 0 Å². The van der Waals surface area contributed by atoms with Gasteiger partial charge in [0.25, 0.3) is 5.91 Å². The second-order valence-corrected chi connectivity index (χ2v) is 3.71. The van der Waals surface area contributed by atoms with Gasteiger partial charge in [-0.3, -0.25) is 9.59 Å². The SMILES string of the molecule is O=C(CCl)C1CCCCN1C(=O)C(F)F. The highest BCUT2D eigenvalue weighted by Crippen LogP contribution is 2.20. The molecule has 1 unspecified atom stereocenters. The van der Waals surface area contributed by atoms with Gasteiger partial charge in [0.15, 0.2) is 5.78 Å². The van der Waals surface area contributed by atoms with Gasteiger partial charge in [0.2, 0.25) is 0 Å². The minimum atomic E-state index is -3.05. The van der Waals surface area contributed by atoms with Crippen molar-refractivity contribution in [2.45, 2.75) is 31.7 Å². The number of likely N-dealkylation sites (tertiary alicyclic amines) is 1. The van der Waals surface area contributed by atoms with E-state index < -0.39 is 18.4 Å². The molecule has 0 aromatic rings. The molecule has 15 heavy (non-hydrogen) atoms. The van der Waals surface area contributed by atoms with Crippen LogP contribution >= 0.6 is 11.6 Å². The second kappa shape index (κ2) is 5.39. The Bertz CT molecular complexity index is 260. The molecule has 0 radical (unpaired) electrons. The van der Waals surface area contributed by atoms with E-state index >= 15 is 0 Å². The van der Waals surface area contributed by atoms with E-state index in [9.17, 15) is 18.4 Å². The van der Waals surface area contributed by atoms with Gasteiger partial charge in [0, 0.05) is 6.54 Å². The number of rotatable bonds is 3. The smallest absolute Gasteiger partial charge is 0.315 e. The van der Waals surface area contributed by atoms with Gasteiger partial charge in [-0.25, -0.2) is 0 Å². The van der Waals surface area contributed by atoms with Crippen molar-refractivity contribution in [3.63, 3.8) is 0 Å². The van der Waals surface area contributed by atoms with Crippen molar-refractivity contribution in [2.24, 2.45) is 0 Å². The van der Waals surface area contributed by atoms with E-state index in [-0.39, 0.29) is 18.2 Å². The van der Waals surface area contributed by atoms with Gasteiger partial charge in [0.1, 0.15) is 0 Å². The molecule has 0 aromatic heterocycles. The molecule has 0 aliphatic carbocycles. The van der Waals surface area contributed by atoms with Crippen molar-refractivity contribution in [1.29, 1.82) is 0 Å². The van der Waals surface area contributed by atoms with Crippen LogP contribution < -0.4 is 0 Å². The molecule has 0 spiro atoms. The average molecular weight is 240 g/mol. The number of carbonyl (C=O) groups excluding carboxylic acids is 2. The van der Waals surface area contributed by atoms with Crippen molar-refractivity contribution < 1.29 is 18.4 Å². The fourth-order valence-corrected chi connectivity index (χ4v) is 1.92. The van der Waals surface area contributed by atoms with Crippen molar-refractivity contribution >= 4 is 23.3 Å². The molecular weight excluding hydrogens is 228 g/mol. The van der Waals surface area contributed by atoms with Crippen LogP contribution in [0, 0.1) is 0 Å². The van der Waals surface area contributed by atoms with Crippen LogP contribution in [-0.4, -0.2) is 41.5 Å². The number of halogens is 3. The Morgan fingerprint density at radius 1 is 1.40 bits per heavy atom. The lowest BCUT2D eigenvalue weighted by atomic mass is 9.99. The zero-order valence-corrected chi connectivity index (χ0v) is 8.84. The van der Waals surface area contributed by atoms with Gasteiger partial charge in [-0.15, -0.1) is 11.6 Å². The Kier molecular flexibility index (Phi) is 4.45. The molecule has 1 atom stereocenters. The summed E-state index contributed by atoms with van der Waals surface area (Å²) in [6.07, 6.45) is -1.19. The third kappa shape index (κ3) is 2.87. The molecule has 0 aromatic carbocycles. The molecule has 0 N–H and O–H groups in total. The minimum Gasteiger partial charge on any atom is -0.328 e. The van der Waals surface area contributed by atoms with Crippen LogP contribution in [-0.2, 0) is 9.59 Å². The van der Waals surface area contributed by atoms with Crippen molar-refractivity contribution in [1.82, 2.24) is 4.90 Å². The van der Waals surface area contributed by atoms with Crippen LogP contribution in [0.4, 0.5) is 8.78 Å². The molecule has 1 saturated heterocycles. The highest BCUT2D eigenvalue weighted by Gasteiger charge is 2.34. The minimum absolute atomic E-state index is 0.219. The summed E-state index contributed by atoms with van der Waals surface area (Å²) in [7, 11) is 0. The average Bonchev–Trinajstić information content (AvgIpc) is 2.27. The number of piperidine rings is 1.